The molecule has 1 fully saturated rings. The summed E-state index contributed by atoms with van der Waals surface area (Å²) in [5.41, 5.74) is 5.73. The molecule has 0 atom stereocenters. The van der Waals surface area contributed by atoms with Crippen LogP contribution in [0.4, 0.5) is 0 Å². The molecule has 35 heavy (non-hydrogen) atoms. The Labute approximate surface area is 202 Å². The zero-order valence-corrected chi connectivity index (χ0v) is 19.6. The molecule has 0 unspecified atom stereocenters. The Bertz CT molecular complexity index is 1470. The van der Waals surface area contributed by atoms with Crippen molar-refractivity contribution in [1.29, 1.82) is 5.26 Å². The highest BCUT2D eigenvalue weighted by atomic mass is 16.5. The van der Waals surface area contributed by atoms with Crippen LogP contribution in [0.15, 0.2) is 48.7 Å². The van der Waals surface area contributed by atoms with E-state index in [0.717, 1.165) is 46.1 Å². The number of carbonyl (C=O) groups is 1. The summed E-state index contributed by atoms with van der Waals surface area (Å²) in [7, 11) is 1.75. The van der Waals surface area contributed by atoms with Gasteiger partial charge in [-0.15, -0.1) is 0 Å². The van der Waals surface area contributed by atoms with Crippen molar-refractivity contribution in [3.8, 4) is 22.9 Å². The molecule has 0 aliphatic heterocycles. The van der Waals surface area contributed by atoms with Crippen LogP contribution in [-0.4, -0.2) is 44.2 Å². The van der Waals surface area contributed by atoms with Crippen molar-refractivity contribution in [1.82, 2.24) is 20.1 Å². The number of pyridine rings is 1. The normalized spacial score (nSPS) is 13.0. The molecule has 0 saturated heterocycles. The number of nitriles is 1. The summed E-state index contributed by atoms with van der Waals surface area (Å²) in [6, 6.07) is 15.0. The summed E-state index contributed by atoms with van der Waals surface area (Å²) in [4.78, 5) is 19.5. The largest absolute Gasteiger partial charge is 0.490 e. The number of aliphatic hydroxyl groups is 1. The molecule has 1 saturated carbocycles. The minimum Gasteiger partial charge on any atom is -0.490 e. The maximum atomic E-state index is 13.4. The molecule has 2 aromatic heterocycles. The quantitative estimate of drug-likeness (QED) is 0.423. The van der Waals surface area contributed by atoms with E-state index in [2.05, 4.69) is 21.3 Å². The van der Waals surface area contributed by atoms with Gasteiger partial charge >= 0.3 is 0 Å². The highest BCUT2D eigenvalue weighted by molar-refractivity contribution is 5.96. The average Bonchev–Trinajstić information content (AvgIpc) is 3.56. The highest BCUT2D eigenvalue weighted by Gasteiger charge is 2.26. The Morgan fingerprint density at radius 2 is 2.11 bits per heavy atom. The highest BCUT2D eigenvalue weighted by Crippen LogP contribution is 2.36. The zero-order chi connectivity index (χ0) is 24.5. The second-order valence-electron chi connectivity index (χ2n) is 8.82. The van der Waals surface area contributed by atoms with Crippen LogP contribution in [-0.2, 0) is 13.2 Å². The lowest BCUT2D eigenvalue weighted by Gasteiger charge is -2.20. The van der Waals surface area contributed by atoms with Gasteiger partial charge in [0.1, 0.15) is 5.75 Å². The number of hydrogen-bond acceptors (Lipinski definition) is 6. The summed E-state index contributed by atoms with van der Waals surface area (Å²) in [5, 5.41) is 26.7. The van der Waals surface area contributed by atoms with Gasteiger partial charge < -0.3 is 14.7 Å². The number of carbonyl (C=O) groups excluding carboxylic acids is 1. The molecule has 2 N–H and O–H groups in total. The van der Waals surface area contributed by atoms with E-state index in [4.69, 9.17) is 4.74 Å². The summed E-state index contributed by atoms with van der Waals surface area (Å²) in [5.74, 6) is 0.490. The van der Waals surface area contributed by atoms with Gasteiger partial charge in [-0.25, -0.2) is 0 Å². The number of aromatic nitrogens is 3. The Morgan fingerprint density at radius 3 is 2.86 bits per heavy atom. The van der Waals surface area contributed by atoms with Crippen LogP contribution in [0.5, 0.6) is 5.75 Å². The Hall–Kier alpha value is -4.22. The maximum Gasteiger partial charge on any atom is 0.254 e. The SMILES string of the molecule is Cc1nc(CO)c2cn[nH]c2c1CN(C)C(=O)c1ccc(-c2cccc(C#N)c2)c(OC2CC2)c1. The molecule has 4 aromatic rings. The van der Waals surface area contributed by atoms with Crippen LogP contribution in [0.25, 0.3) is 22.0 Å². The summed E-state index contributed by atoms with van der Waals surface area (Å²) >= 11 is 0. The smallest absolute Gasteiger partial charge is 0.254 e. The predicted molar refractivity (Wildman–Crippen MR) is 131 cm³/mol. The van der Waals surface area contributed by atoms with Crippen LogP contribution >= 0.6 is 0 Å². The molecule has 1 aliphatic rings. The Balaban J connectivity index is 1.45. The number of aromatic amines is 1. The number of hydrogen-bond donors (Lipinski definition) is 2. The van der Waals surface area contributed by atoms with Gasteiger partial charge in [0.25, 0.3) is 5.91 Å². The first-order valence-electron chi connectivity index (χ1n) is 11.5. The van der Waals surface area contributed by atoms with E-state index in [1.807, 2.05) is 31.2 Å². The number of benzene rings is 2. The number of fused-ring (bicyclic) bond motifs is 1. The van der Waals surface area contributed by atoms with E-state index >= 15 is 0 Å². The van der Waals surface area contributed by atoms with E-state index in [0.29, 0.717) is 29.1 Å². The molecule has 1 aliphatic carbocycles. The monoisotopic (exact) mass is 467 g/mol. The molecule has 176 valence electrons. The summed E-state index contributed by atoms with van der Waals surface area (Å²) in [6.07, 6.45) is 3.78. The lowest BCUT2D eigenvalue weighted by atomic mass is 10.00. The molecule has 2 aromatic carbocycles. The van der Waals surface area contributed by atoms with Crippen LogP contribution < -0.4 is 4.74 Å². The van der Waals surface area contributed by atoms with Gasteiger partial charge in [0, 0.05) is 41.4 Å². The molecule has 5 rings (SSSR count). The van der Waals surface area contributed by atoms with Crippen molar-refractivity contribution in [2.24, 2.45) is 0 Å². The van der Waals surface area contributed by atoms with Crippen molar-refractivity contribution < 1.29 is 14.6 Å². The van der Waals surface area contributed by atoms with Crippen molar-refractivity contribution in [2.75, 3.05) is 7.05 Å². The van der Waals surface area contributed by atoms with Gasteiger partial charge in [0.05, 0.1) is 41.8 Å². The third-order valence-corrected chi connectivity index (χ3v) is 6.23. The van der Waals surface area contributed by atoms with E-state index < -0.39 is 0 Å². The third-order valence-electron chi connectivity index (χ3n) is 6.23. The maximum absolute atomic E-state index is 13.4. The topological polar surface area (TPSA) is 115 Å². The van der Waals surface area contributed by atoms with Crippen LogP contribution in [0.2, 0.25) is 0 Å². The van der Waals surface area contributed by atoms with E-state index in [1.54, 1.807) is 36.3 Å². The van der Waals surface area contributed by atoms with Gasteiger partial charge in [-0.1, -0.05) is 12.1 Å². The van der Waals surface area contributed by atoms with Crippen molar-refractivity contribution in [2.45, 2.75) is 39.0 Å². The fraction of sp³-hybridized carbons (Fsp3) is 0.259. The Kier molecular flexibility index (Phi) is 5.93. The van der Waals surface area contributed by atoms with Crippen LogP contribution in [0.1, 0.15) is 45.7 Å². The molecule has 1 amide bonds. The fourth-order valence-corrected chi connectivity index (χ4v) is 4.20. The third kappa shape index (κ3) is 4.46. The minimum absolute atomic E-state index is 0.152. The van der Waals surface area contributed by atoms with E-state index in [1.165, 1.54) is 0 Å². The summed E-state index contributed by atoms with van der Waals surface area (Å²) in [6.45, 7) is 2.00. The van der Waals surface area contributed by atoms with Gasteiger partial charge in [0.15, 0.2) is 0 Å². The first-order chi connectivity index (χ1) is 17.0. The second kappa shape index (κ2) is 9.20. The van der Waals surface area contributed by atoms with Crippen molar-refractivity contribution in [3.05, 3.63) is 76.7 Å². The predicted octanol–water partition coefficient (Wildman–Crippen LogP) is 4.11. The first kappa shape index (κ1) is 22.6. The average molecular weight is 468 g/mol. The summed E-state index contributed by atoms with van der Waals surface area (Å²) < 4.78 is 6.16. The van der Waals surface area contributed by atoms with Gasteiger partial charge in [0.2, 0.25) is 0 Å². The number of ether oxygens (including phenoxy) is 1. The lowest BCUT2D eigenvalue weighted by molar-refractivity contribution is 0.0784. The molecule has 8 heteroatoms. The zero-order valence-electron chi connectivity index (χ0n) is 19.6. The number of rotatable bonds is 7. The molecule has 0 bridgehead atoms. The van der Waals surface area contributed by atoms with Crippen molar-refractivity contribution >= 4 is 16.8 Å². The first-order valence-corrected chi connectivity index (χ1v) is 11.5. The molecular formula is C27H25N5O3. The Morgan fingerprint density at radius 1 is 1.29 bits per heavy atom. The van der Waals surface area contributed by atoms with Crippen LogP contribution in [0.3, 0.4) is 0 Å². The minimum atomic E-state index is -0.181. The molecule has 0 spiro atoms. The number of aryl methyl sites for hydroxylation is 1. The van der Waals surface area contributed by atoms with Crippen LogP contribution in [0, 0.1) is 18.3 Å². The van der Waals surface area contributed by atoms with Gasteiger partial charge in [-0.3, -0.25) is 14.9 Å². The van der Waals surface area contributed by atoms with Crippen molar-refractivity contribution in [3.63, 3.8) is 0 Å². The molecule has 2 heterocycles. The molecule has 0 radical (unpaired) electrons. The van der Waals surface area contributed by atoms with Gasteiger partial charge in [-0.05, 0) is 55.7 Å². The number of nitrogens with zero attached hydrogens (tertiary/aromatic N) is 4. The number of amides is 1. The van der Waals surface area contributed by atoms with E-state index in [-0.39, 0.29) is 18.6 Å². The lowest BCUT2D eigenvalue weighted by Crippen LogP contribution is -2.27. The van der Waals surface area contributed by atoms with Gasteiger partial charge in [-0.2, -0.15) is 10.4 Å². The number of aliphatic hydroxyl groups excluding tert-OH is 1. The molecular weight excluding hydrogens is 442 g/mol. The number of nitrogens with one attached hydrogen (secondary N) is 1. The molecule has 8 nitrogen and oxygen atoms in total. The standard InChI is InChI=1S/C27H25N5O3/c1-16-23(26-22(13-29-31-26)24(15-33)30-16)14-32(2)27(34)19-6-9-21(25(11-19)35-20-7-8-20)18-5-3-4-17(10-18)12-28/h3-6,9-11,13,20,33H,7-8,14-15H2,1-2H3,(H,29,31). The fourth-order valence-electron chi connectivity index (χ4n) is 4.20. The van der Waals surface area contributed by atoms with E-state index in [9.17, 15) is 15.2 Å². The second-order valence-corrected chi connectivity index (χ2v) is 8.82. The number of H-pyrrole nitrogens is 1.